The molecule has 5 heteroatoms. The molecule has 1 aliphatic heterocycles. The van der Waals surface area contributed by atoms with Crippen molar-refractivity contribution in [3.63, 3.8) is 0 Å². The molecule has 0 aliphatic carbocycles. The molecule has 1 aliphatic rings. The van der Waals surface area contributed by atoms with Crippen molar-refractivity contribution < 1.29 is 18.3 Å². The van der Waals surface area contributed by atoms with E-state index in [1.54, 1.807) is 12.1 Å². The van der Waals surface area contributed by atoms with E-state index in [0.29, 0.717) is 5.56 Å². The number of cyclic esters (lactones) is 1. The fraction of sp³-hybridized carbons (Fsp3) is 0.0588. The van der Waals surface area contributed by atoms with Crippen molar-refractivity contribution in [2.75, 3.05) is 0 Å². The number of aliphatic imine (C=N–C) groups is 1. The molecular formula is C17H11F2NO2. The lowest BCUT2D eigenvalue weighted by Crippen LogP contribution is -2.05. The van der Waals surface area contributed by atoms with Crippen LogP contribution in [0, 0.1) is 18.6 Å². The van der Waals surface area contributed by atoms with Gasteiger partial charge in [0.2, 0.25) is 5.90 Å². The van der Waals surface area contributed by atoms with Crippen LogP contribution in [0.1, 0.15) is 16.7 Å². The number of carbonyl (C=O) groups is 1. The molecule has 0 fully saturated rings. The molecule has 1 heterocycles. The van der Waals surface area contributed by atoms with Crippen LogP contribution in [0.3, 0.4) is 0 Å². The second-order valence-corrected chi connectivity index (χ2v) is 4.87. The summed E-state index contributed by atoms with van der Waals surface area (Å²) in [5, 5.41) is 0. The average Bonchev–Trinajstić information content (AvgIpc) is 2.84. The molecule has 22 heavy (non-hydrogen) atoms. The molecule has 3 nitrogen and oxygen atoms in total. The monoisotopic (exact) mass is 299 g/mol. The molecule has 0 saturated carbocycles. The van der Waals surface area contributed by atoms with Gasteiger partial charge in [-0.15, -0.1) is 0 Å². The van der Waals surface area contributed by atoms with Crippen molar-refractivity contribution in [2.45, 2.75) is 6.92 Å². The Morgan fingerprint density at radius 1 is 1.09 bits per heavy atom. The standard InChI is InChI=1S/C17H11F2NO2/c1-10-2-4-11(5-3-10)16-20-15(17(21)22-16)8-12-6-7-13(18)9-14(12)19/h2-9H,1H3. The predicted octanol–water partition coefficient (Wildman–Crippen LogP) is 3.62. The second-order valence-electron chi connectivity index (χ2n) is 4.87. The Labute approximate surface area is 125 Å². The van der Waals surface area contributed by atoms with Crippen LogP contribution in [-0.2, 0) is 9.53 Å². The Bertz CT molecular complexity index is 808. The summed E-state index contributed by atoms with van der Waals surface area (Å²) < 4.78 is 31.6. The highest BCUT2D eigenvalue weighted by Gasteiger charge is 2.24. The van der Waals surface area contributed by atoms with Crippen LogP contribution in [0.4, 0.5) is 8.78 Å². The van der Waals surface area contributed by atoms with Crippen molar-refractivity contribution in [2.24, 2.45) is 4.99 Å². The number of carbonyl (C=O) groups excluding carboxylic acids is 1. The van der Waals surface area contributed by atoms with Crippen LogP contribution >= 0.6 is 0 Å². The molecular weight excluding hydrogens is 288 g/mol. The van der Waals surface area contributed by atoms with Gasteiger partial charge in [0.05, 0.1) is 0 Å². The van der Waals surface area contributed by atoms with E-state index in [1.165, 1.54) is 12.1 Å². The summed E-state index contributed by atoms with van der Waals surface area (Å²) in [5.41, 5.74) is 1.77. The van der Waals surface area contributed by atoms with E-state index in [9.17, 15) is 13.6 Å². The maximum Gasteiger partial charge on any atom is 0.363 e. The fourth-order valence-corrected chi connectivity index (χ4v) is 1.99. The van der Waals surface area contributed by atoms with Crippen molar-refractivity contribution in [1.82, 2.24) is 0 Å². The Balaban J connectivity index is 1.95. The van der Waals surface area contributed by atoms with Gasteiger partial charge in [-0.3, -0.25) is 0 Å². The maximum absolute atomic E-state index is 13.6. The average molecular weight is 299 g/mol. The third-order valence-electron chi connectivity index (χ3n) is 3.17. The van der Waals surface area contributed by atoms with Crippen molar-refractivity contribution in [3.05, 3.63) is 76.5 Å². The molecule has 0 unspecified atom stereocenters. The highest BCUT2D eigenvalue weighted by atomic mass is 19.1. The topological polar surface area (TPSA) is 38.7 Å². The van der Waals surface area contributed by atoms with Gasteiger partial charge < -0.3 is 4.74 Å². The van der Waals surface area contributed by atoms with Gasteiger partial charge in [-0.05, 0) is 37.3 Å². The summed E-state index contributed by atoms with van der Waals surface area (Å²) in [5.74, 6) is -1.95. The van der Waals surface area contributed by atoms with E-state index in [4.69, 9.17) is 4.74 Å². The van der Waals surface area contributed by atoms with Gasteiger partial charge in [-0.25, -0.2) is 18.6 Å². The van der Waals surface area contributed by atoms with Crippen LogP contribution in [0.15, 0.2) is 53.2 Å². The SMILES string of the molecule is Cc1ccc(C2=NC(=Cc3ccc(F)cc3F)C(=O)O2)cc1. The molecule has 0 spiro atoms. The zero-order valence-corrected chi connectivity index (χ0v) is 11.6. The van der Waals surface area contributed by atoms with Crippen LogP contribution in [0.25, 0.3) is 6.08 Å². The third kappa shape index (κ3) is 2.79. The Morgan fingerprint density at radius 3 is 2.50 bits per heavy atom. The van der Waals surface area contributed by atoms with Crippen molar-refractivity contribution in [3.8, 4) is 0 Å². The molecule has 0 N–H and O–H groups in total. The first-order chi connectivity index (χ1) is 10.5. The third-order valence-corrected chi connectivity index (χ3v) is 3.17. The van der Waals surface area contributed by atoms with Gasteiger partial charge in [0.15, 0.2) is 5.70 Å². The minimum atomic E-state index is -0.765. The second kappa shape index (κ2) is 5.52. The number of rotatable bonds is 2. The number of benzene rings is 2. The van der Waals surface area contributed by atoms with E-state index in [0.717, 1.165) is 17.7 Å². The summed E-state index contributed by atoms with van der Waals surface area (Å²) in [7, 11) is 0. The molecule has 0 bridgehead atoms. The molecule has 3 rings (SSSR count). The minimum absolute atomic E-state index is 0.0268. The van der Waals surface area contributed by atoms with Crippen LogP contribution in [0.2, 0.25) is 0 Å². The lowest BCUT2D eigenvalue weighted by molar-refractivity contribution is -0.129. The zero-order chi connectivity index (χ0) is 15.7. The molecule has 0 atom stereocenters. The lowest BCUT2D eigenvalue weighted by atomic mass is 10.1. The number of esters is 1. The first kappa shape index (κ1) is 14.1. The van der Waals surface area contributed by atoms with Gasteiger partial charge in [0.1, 0.15) is 11.6 Å². The number of halogens is 2. The summed E-state index contributed by atoms with van der Waals surface area (Å²) >= 11 is 0. The first-order valence-electron chi connectivity index (χ1n) is 6.57. The number of ether oxygens (including phenoxy) is 1. The molecule has 2 aromatic rings. The van der Waals surface area contributed by atoms with Crippen molar-refractivity contribution in [1.29, 1.82) is 0 Å². The molecule has 0 amide bonds. The molecule has 0 saturated heterocycles. The summed E-state index contributed by atoms with van der Waals surface area (Å²) in [4.78, 5) is 15.9. The van der Waals surface area contributed by atoms with Crippen LogP contribution in [0.5, 0.6) is 0 Å². The highest BCUT2D eigenvalue weighted by Crippen LogP contribution is 2.21. The highest BCUT2D eigenvalue weighted by molar-refractivity contribution is 6.12. The smallest absolute Gasteiger partial charge is 0.363 e. The van der Waals surface area contributed by atoms with E-state index in [-0.39, 0.29) is 17.2 Å². The first-order valence-corrected chi connectivity index (χ1v) is 6.57. The van der Waals surface area contributed by atoms with Gasteiger partial charge in [-0.2, -0.15) is 0 Å². The van der Waals surface area contributed by atoms with Gasteiger partial charge >= 0.3 is 5.97 Å². The predicted molar refractivity (Wildman–Crippen MR) is 78.1 cm³/mol. The van der Waals surface area contributed by atoms with Gasteiger partial charge in [0, 0.05) is 17.2 Å². The van der Waals surface area contributed by atoms with Gasteiger partial charge in [-0.1, -0.05) is 17.7 Å². The quantitative estimate of drug-likeness (QED) is 0.627. The van der Waals surface area contributed by atoms with E-state index in [2.05, 4.69) is 4.99 Å². The van der Waals surface area contributed by atoms with E-state index >= 15 is 0 Å². The molecule has 0 aromatic heterocycles. The summed E-state index contributed by atoms with van der Waals surface area (Å²) in [6, 6.07) is 10.4. The summed E-state index contributed by atoms with van der Waals surface area (Å²) in [6.07, 6.45) is 1.23. The summed E-state index contributed by atoms with van der Waals surface area (Å²) in [6.45, 7) is 1.94. The van der Waals surface area contributed by atoms with Gasteiger partial charge in [0.25, 0.3) is 0 Å². The molecule has 110 valence electrons. The normalized spacial score (nSPS) is 15.9. The Kier molecular flexibility index (Phi) is 3.55. The zero-order valence-electron chi connectivity index (χ0n) is 11.6. The maximum atomic E-state index is 13.6. The van der Waals surface area contributed by atoms with Crippen molar-refractivity contribution >= 4 is 17.9 Å². The number of hydrogen-bond donors (Lipinski definition) is 0. The number of aryl methyl sites for hydroxylation is 1. The largest absolute Gasteiger partial charge is 0.402 e. The number of hydrogen-bond acceptors (Lipinski definition) is 3. The molecule has 0 radical (unpaired) electrons. The van der Waals surface area contributed by atoms with Crippen LogP contribution < -0.4 is 0 Å². The van der Waals surface area contributed by atoms with Crippen LogP contribution in [-0.4, -0.2) is 11.9 Å². The lowest BCUT2D eigenvalue weighted by Gasteiger charge is -1.99. The minimum Gasteiger partial charge on any atom is -0.402 e. The molecule has 2 aromatic carbocycles. The Hall–Kier alpha value is -2.82. The Morgan fingerprint density at radius 2 is 1.82 bits per heavy atom. The van der Waals surface area contributed by atoms with E-state index < -0.39 is 17.6 Å². The number of nitrogens with zero attached hydrogens (tertiary/aromatic N) is 1. The fourth-order valence-electron chi connectivity index (χ4n) is 1.99. The van der Waals surface area contributed by atoms with E-state index in [1.807, 2.05) is 19.1 Å².